The molecule has 1 saturated heterocycles. The number of aliphatic hydroxyl groups excluding tert-OH is 1. The molecule has 0 radical (unpaired) electrons. The molecule has 1 atom stereocenters. The number of Topliss-reactive ketones (excluding diaryl/α,β-unsaturated/α-hetero) is 1. The van der Waals surface area contributed by atoms with Crippen molar-refractivity contribution >= 4 is 17.4 Å². The Labute approximate surface area is 190 Å². The van der Waals surface area contributed by atoms with Gasteiger partial charge in [-0.05, 0) is 41.5 Å². The summed E-state index contributed by atoms with van der Waals surface area (Å²) in [7, 11) is 2.92. The van der Waals surface area contributed by atoms with Crippen LogP contribution in [0.25, 0.3) is 5.76 Å². The smallest absolute Gasteiger partial charge is 0.295 e. The number of amides is 1. The molecular weight excluding hydrogens is 425 g/mol. The maximum atomic E-state index is 14.0. The van der Waals surface area contributed by atoms with Gasteiger partial charge in [-0.1, -0.05) is 42.5 Å². The Balaban J connectivity index is 1.88. The van der Waals surface area contributed by atoms with Gasteiger partial charge in [0.25, 0.3) is 11.7 Å². The van der Waals surface area contributed by atoms with Crippen molar-refractivity contribution in [3.8, 4) is 11.5 Å². The Morgan fingerprint density at radius 1 is 0.970 bits per heavy atom. The van der Waals surface area contributed by atoms with E-state index in [1.165, 1.54) is 24.1 Å². The first-order chi connectivity index (χ1) is 15.9. The lowest BCUT2D eigenvalue weighted by atomic mass is 9.95. The van der Waals surface area contributed by atoms with E-state index in [0.717, 1.165) is 11.6 Å². The van der Waals surface area contributed by atoms with Crippen molar-refractivity contribution in [3.05, 3.63) is 101 Å². The number of hydrogen-bond donors (Lipinski definition) is 1. The second kappa shape index (κ2) is 9.16. The van der Waals surface area contributed by atoms with Gasteiger partial charge in [0.05, 0.1) is 31.4 Å². The van der Waals surface area contributed by atoms with E-state index in [9.17, 15) is 19.1 Å². The molecule has 1 N–H and O–H groups in total. The Hall–Kier alpha value is -4.13. The maximum Gasteiger partial charge on any atom is 0.295 e. The van der Waals surface area contributed by atoms with Gasteiger partial charge >= 0.3 is 0 Å². The summed E-state index contributed by atoms with van der Waals surface area (Å²) >= 11 is 0. The van der Waals surface area contributed by atoms with Crippen LogP contribution in [0.2, 0.25) is 0 Å². The summed E-state index contributed by atoms with van der Waals surface area (Å²) in [5.41, 5.74) is 1.26. The predicted molar refractivity (Wildman–Crippen MR) is 120 cm³/mol. The lowest BCUT2D eigenvalue weighted by molar-refractivity contribution is -0.140. The fourth-order valence-corrected chi connectivity index (χ4v) is 4.00. The first-order valence-electron chi connectivity index (χ1n) is 10.2. The number of likely N-dealkylation sites (tertiary alicyclic amines) is 1. The minimum absolute atomic E-state index is 0.00203. The van der Waals surface area contributed by atoms with Crippen molar-refractivity contribution in [3.63, 3.8) is 0 Å². The molecule has 3 aromatic rings. The van der Waals surface area contributed by atoms with Crippen LogP contribution in [0, 0.1) is 5.82 Å². The highest BCUT2D eigenvalue weighted by atomic mass is 19.1. The summed E-state index contributed by atoms with van der Waals surface area (Å²) in [5, 5.41) is 11.2. The highest BCUT2D eigenvalue weighted by molar-refractivity contribution is 6.46. The summed E-state index contributed by atoms with van der Waals surface area (Å²) in [6.07, 6.45) is 0. The third kappa shape index (κ3) is 4.17. The van der Waals surface area contributed by atoms with E-state index in [4.69, 9.17) is 9.47 Å². The number of rotatable bonds is 6. The number of halogens is 1. The van der Waals surface area contributed by atoms with Crippen LogP contribution in [0.1, 0.15) is 22.7 Å². The van der Waals surface area contributed by atoms with Crippen LogP contribution in [-0.2, 0) is 16.1 Å². The molecule has 33 heavy (non-hydrogen) atoms. The van der Waals surface area contributed by atoms with Crippen LogP contribution in [0.3, 0.4) is 0 Å². The number of benzene rings is 3. The third-order valence-corrected chi connectivity index (χ3v) is 5.56. The molecule has 6 nitrogen and oxygen atoms in total. The van der Waals surface area contributed by atoms with Crippen molar-refractivity contribution in [1.82, 2.24) is 4.90 Å². The van der Waals surface area contributed by atoms with Gasteiger partial charge in [-0.15, -0.1) is 0 Å². The normalized spacial score (nSPS) is 17.3. The molecule has 0 spiro atoms. The molecule has 1 heterocycles. The predicted octanol–water partition coefficient (Wildman–Crippen LogP) is 4.46. The molecule has 0 aromatic heterocycles. The number of ketones is 1. The van der Waals surface area contributed by atoms with Crippen molar-refractivity contribution < 1.29 is 28.6 Å². The van der Waals surface area contributed by atoms with E-state index in [-0.39, 0.29) is 23.4 Å². The Morgan fingerprint density at radius 2 is 1.73 bits per heavy atom. The molecule has 1 unspecified atom stereocenters. The molecule has 0 bridgehead atoms. The average molecular weight is 447 g/mol. The van der Waals surface area contributed by atoms with E-state index < -0.39 is 29.3 Å². The molecule has 1 aliphatic rings. The van der Waals surface area contributed by atoms with Gasteiger partial charge in [0.15, 0.2) is 0 Å². The molecule has 4 rings (SSSR count). The lowest BCUT2D eigenvalue weighted by Crippen LogP contribution is -2.29. The Kier molecular flexibility index (Phi) is 6.13. The molecule has 0 aliphatic carbocycles. The molecule has 1 amide bonds. The zero-order valence-corrected chi connectivity index (χ0v) is 18.1. The van der Waals surface area contributed by atoms with E-state index in [0.29, 0.717) is 11.3 Å². The van der Waals surface area contributed by atoms with Crippen LogP contribution in [0.4, 0.5) is 4.39 Å². The van der Waals surface area contributed by atoms with Crippen molar-refractivity contribution in [1.29, 1.82) is 0 Å². The first kappa shape index (κ1) is 22.1. The summed E-state index contributed by atoms with van der Waals surface area (Å²) in [5.74, 6) is -1.92. The monoisotopic (exact) mass is 447 g/mol. The fraction of sp³-hybridized carbons (Fsp3) is 0.154. The molecular formula is C26H22FNO5. The van der Waals surface area contributed by atoms with E-state index in [2.05, 4.69) is 0 Å². The molecule has 0 saturated carbocycles. The zero-order valence-electron chi connectivity index (χ0n) is 18.1. The van der Waals surface area contributed by atoms with Gasteiger partial charge in [0.1, 0.15) is 23.1 Å². The molecule has 3 aromatic carbocycles. The number of nitrogens with zero attached hydrogens (tertiary/aromatic N) is 1. The highest BCUT2D eigenvalue weighted by Crippen LogP contribution is 2.41. The average Bonchev–Trinajstić information content (AvgIpc) is 3.09. The molecule has 1 fully saturated rings. The number of ether oxygens (including phenoxy) is 2. The summed E-state index contributed by atoms with van der Waals surface area (Å²) < 4.78 is 24.5. The number of carbonyl (C=O) groups is 2. The van der Waals surface area contributed by atoms with Crippen LogP contribution in [0.15, 0.2) is 78.4 Å². The summed E-state index contributed by atoms with van der Waals surface area (Å²) in [6.45, 7) is 0.110. The largest absolute Gasteiger partial charge is 0.507 e. The quantitative estimate of drug-likeness (QED) is 0.343. The number of aliphatic hydroxyl groups is 1. The van der Waals surface area contributed by atoms with Crippen LogP contribution < -0.4 is 9.47 Å². The van der Waals surface area contributed by atoms with Gasteiger partial charge in [0, 0.05) is 6.54 Å². The number of carbonyl (C=O) groups excluding carboxylic acids is 2. The second-order valence-corrected chi connectivity index (χ2v) is 7.53. The van der Waals surface area contributed by atoms with Crippen molar-refractivity contribution in [2.75, 3.05) is 14.2 Å². The Bertz CT molecular complexity index is 1240. The van der Waals surface area contributed by atoms with Gasteiger partial charge in [-0.3, -0.25) is 9.59 Å². The first-order valence-corrected chi connectivity index (χ1v) is 10.2. The SMILES string of the molecule is COc1cccc(CN2C(=O)C(=O)/C(=C(/O)c3cc(F)ccc3OC)C2c2ccccc2)c1. The summed E-state index contributed by atoms with van der Waals surface area (Å²) in [4.78, 5) is 27.6. The van der Waals surface area contributed by atoms with E-state index >= 15 is 0 Å². The third-order valence-electron chi connectivity index (χ3n) is 5.56. The summed E-state index contributed by atoms with van der Waals surface area (Å²) in [6, 6.07) is 18.8. The lowest BCUT2D eigenvalue weighted by Gasteiger charge is -2.25. The van der Waals surface area contributed by atoms with Crippen molar-refractivity contribution in [2.45, 2.75) is 12.6 Å². The Morgan fingerprint density at radius 3 is 2.42 bits per heavy atom. The molecule has 7 heteroatoms. The van der Waals surface area contributed by atoms with Crippen LogP contribution in [-0.4, -0.2) is 35.9 Å². The van der Waals surface area contributed by atoms with Crippen molar-refractivity contribution in [2.24, 2.45) is 0 Å². The van der Waals surface area contributed by atoms with Crippen LogP contribution >= 0.6 is 0 Å². The van der Waals surface area contributed by atoms with Gasteiger partial charge in [0.2, 0.25) is 0 Å². The number of methoxy groups -OCH3 is 2. The van der Waals surface area contributed by atoms with Gasteiger partial charge in [-0.25, -0.2) is 4.39 Å². The molecule has 168 valence electrons. The second-order valence-electron chi connectivity index (χ2n) is 7.53. The fourth-order valence-electron chi connectivity index (χ4n) is 4.00. The van der Waals surface area contributed by atoms with E-state index in [1.54, 1.807) is 49.6 Å². The zero-order chi connectivity index (χ0) is 23.5. The van der Waals surface area contributed by atoms with E-state index in [1.807, 2.05) is 12.1 Å². The highest BCUT2D eigenvalue weighted by Gasteiger charge is 2.46. The minimum atomic E-state index is -0.870. The minimum Gasteiger partial charge on any atom is -0.507 e. The van der Waals surface area contributed by atoms with Gasteiger partial charge < -0.3 is 19.5 Å². The topological polar surface area (TPSA) is 76.1 Å². The van der Waals surface area contributed by atoms with Crippen LogP contribution in [0.5, 0.6) is 11.5 Å². The number of hydrogen-bond acceptors (Lipinski definition) is 5. The molecule has 1 aliphatic heterocycles. The standard InChI is InChI=1S/C26H22FNO5/c1-32-19-10-6-7-16(13-19)15-28-23(17-8-4-3-5-9-17)22(25(30)26(28)31)24(29)20-14-18(27)11-12-21(20)33-2/h3-14,23,29H,15H2,1-2H3/b24-22+. The maximum absolute atomic E-state index is 14.0. The van der Waals surface area contributed by atoms with Gasteiger partial charge in [-0.2, -0.15) is 0 Å².